The molecule has 4 nitrogen and oxygen atoms in total. The minimum Gasteiger partial charge on any atom is -0.497 e. The Morgan fingerprint density at radius 2 is 1.91 bits per heavy atom. The zero-order valence-corrected chi connectivity index (χ0v) is 12.1. The molecule has 0 spiro atoms. The number of methoxy groups -OCH3 is 1. The van der Waals surface area contributed by atoms with Gasteiger partial charge >= 0.3 is 0 Å². The third kappa shape index (κ3) is 2.77. The first kappa shape index (κ1) is 14.7. The lowest BCUT2D eigenvalue weighted by molar-refractivity contribution is 0.414. The van der Waals surface area contributed by atoms with Crippen molar-refractivity contribution in [1.82, 2.24) is 9.78 Å². The highest BCUT2D eigenvalue weighted by Gasteiger charge is 2.14. The van der Waals surface area contributed by atoms with Gasteiger partial charge in [-0.15, -0.1) is 0 Å². The van der Waals surface area contributed by atoms with Gasteiger partial charge in [-0.2, -0.15) is 10.4 Å². The molecular weight excluding hydrogens is 300 g/mol. The van der Waals surface area contributed by atoms with E-state index < -0.39 is 11.6 Å². The molecule has 3 aromatic rings. The Kier molecular flexibility index (Phi) is 3.77. The molecule has 0 aliphatic carbocycles. The first-order valence-corrected chi connectivity index (χ1v) is 6.72. The molecule has 0 bridgehead atoms. The molecular formula is C17H11F2N3O. The van der Waals surface area contributed by atoms with Gasteiger partial charge in [0.25, 0.3) is 0 Å². The number of benzene rings is 2. The van der Waals surface area contributed by atoms with Crippen LogP contribution in [0.1, 0.15) is 5.69 Å². The number of ether oxygens (including phenoxy) is 1. The highest BCUT2D eigenvalue weighted by Crippen LogP contribution is 2.26. The summed E-state index contributed by atoms with van der Waals surface area (Å²) in [5, 5.41) is 13.3. The van der Waals surface area contributed by atoms with Gasteiger partial charge in [0.2, 0.25) is 0 Å². The molecule has 0 saturated carbocycles. The van der Waals surface area contributed by atoms with Gasteiger partial charge in [-0.25, -0.2) is 13.5 Å². The fourth-order valence-corrected chi connectivity index (χ4v) is 2.24. The smallest absolute Gasteiger partial charge is 0.163 e. The molecule has 0 fully saturated rings. The van der Waals surface area contributed by atoms with E-state index in [0.717, 1.165) is 12.1 Å². The largest absolute Gasteiger partial charge is 0.497 e. The molecule has 1 heterocycles. The summed E-state index contributed by atoms with van der Waals surface area (Å²) in [6, 6.07) is 14.1. The van der Waals surface area contributed by atoms with E-state index in [1.807, 2.05) is 6.07 Å². The quantitative estimate of drug-likeness (QED) is 0.741. The lowest BCUT2D eigenvalue weighted by Gasteiger charge is -2.09. The van der Waals surface area contributed by atoms with Gasteiger partial charge in [0, 0.05) is 17.7 Å². The van der Waals surface area contributed by atoms with Crippen LogP contribution >= 0.6 is 0 Å². The molecule has 0 aliphatic heterocycles. The SMILES string of the molecule is COc1cccc(-n2nc(C#N)cc2-c2ccc(F)c(F)c2)c1. The predicted octanol–water partition coefficient (Wildman–Crippen LogP) is 3.70. The number of halogens is 2. The van der Waals surface area contributed by atoms with E-state index in [1.54, 1.807) is 31.4 Å². The van der Waals surface area contributed by atoms with E-state index in [4.69, 9.17) is 10.00 Å². The zero-order chi connectivity index (χ0) is 16.4. The number of nitriles is 1. The van der Waals surface area contributed by atoms with E-state index in [1.165, 1.54) is 16.8 Å². The van der Waals surface area contributed by atoms with Gasteiger partial charge in [0.1, 0.15) is 11.8 Å². The topological polar surface area (TPSA) is 50.8 Å². The van der Waals surface area contributed by atoms with Gasteiger partial charge in [-0.3, -0.25) is 0 Å². The summed E-state index contributed by atoms with van der Waals surface area (Å²) >= 11 is 0. The molecule has 0 radical (unpaired) electrons. The van der Waals surface area contributed by atoms with Crippen molar-refractivity contribution in [2.75, 3.05) is 7.11 Å². The van der Waals surface area contributed by atoms with E-state index in [-0.39, 0.29) is 5.69 Å². The number of aromatic nitrogens is 2. The number of hydrogen-bond acceptors (Lipinski definition) is 3. The summed E-state index contributed by atoms with van der Waals surface area (Å²) in [6.45, 7) is 0. The van der Waals surface area contributed by atoms with Crippen LogP contribution in [0.2, 0.25) is 0 Å². The van der Waals surface area contributed by atoms with Gasteiger partial charge in [0.15, 0.2) is 17.3 Å². The lowest BCUT2D eigenvalue weighted by atomic mass is 10.1. The third-order valence-electron chi connectivity index (χ3n) is 3.34. The van der Waals surface area contributed by atoms with Crippen molar-refractivity contribution in [3.63, 3.8) is 0 Å². The van der Waals surface area contributed by atoms with Crippen molar-refractivity contribution in [2.24, 2.45) is 0 Å². The molecule has 114 valence electrons. The Hall–Kier alpha value is -3.20. The van der Waals surface area contributed by atoms with Crippen molar-refractivity contribution >= 4 is 0 Å². The second-order valence-corrected chi connectivity index (χ2v) is 4.77. The van der Waals surface area contributed by atoms with Crippen molar-refractivity contribution in [1.29, 1.82) is 5.26 Å². The zero-order valence-electron chi connectivity index (χ0n) is 12.1. The minimum absolute atomic E-state index is 0.174. The van der Waals surface area contributed by atoms with Crippen LogP contribution in [0.4, 0.5) is 8.78 Å². The van der Waals surface area contributed by atoms with Crippen LogP contribution in [-0.4, -0.2) is 16.9 Å². The Labute approximate surface area is 131 Å². The Balaban J connectivity index is 2.19. The van der Waals surface area contributed by atoms with Gasteiger partial charge in [0.05, 0.1) is 18.5 Å². The van der Waals surface area contributed by atoms with Crippen molar-refractivity contribution in [2.45, 2.75) is 0 Å². The van der Waals surface area contributed by atoms with E-state index in [0.29, 0.717) is 22.7 Å². The monoisotopic (exact) mass is 311 g/mol. The maximum absolute atomic E-state index is 13.5. The second-order valence-electron chi connectivity index (χ2n) is 4.77. The van der Waals surface area contributed by atoms with Gasteiger partial charge in [-0.05, 0) is 30.3 Å². The summed E-state index contributed by atoms with van der Waals surface area (Å²) in [4.78, 5) is 0. The Bertz CT molecular complexity index is 912. The average Bonchev–Trinajstić information content (AvgIpc) is 3.02. The summed E-state index contributed by atoms with van der Waals surface area (Å²) in [7, 11) is 1.54. The van der Waals surface area contributed by atoms with Crippen LogP contribution < -0.4 is 4.74 Å². The van der Waals surface area contributed by atoms with Gasteiger partial charge in [-0.1, -0.05) is 6.07 Å². The summed E-state index contributed by atoms with van der Waals surface area (Å²) < 4.78 is 33.3. The maximum Gasteiger partial charge on any atom is 0.163 e. The van der Waals surface area contributed by atoms with Crippen molar-refractivity contribution < 1.29 is 13.5 Å². The van der Waals surface area contributed by atoms with Gasteiger partial charge < -0.3 is 4.74 Å². The Morgan fingerprint density at radius 1 is 1.09 bits per heavy atom. The second kappa shape index (κ2) is 5.89. The average molecular weight is 311 g/mol. The first-order chi connectivity index (χ1) is 11.1. The fraction of sp³-hybridized carbons (Fsp3) is 0.0588. The third-order valence-corrected chi connectivity index (χ3v) is 3.34. The van der Waals surface area contributed by atoms with E-state index in [2.05, 4.69) is 5.10 Å². The standard InChI is InChI=1S/C17H11F2N3O/c1-23-14-4-2-3-13(9-14)22-17(8-12(10-20)21-22)11-5-6-15(18)16(19)7-11/h2-9H,1H3. The number of rotatable bonds is 3. The molecule has 6 heteroatoms. The summed E-state index contributed by atoms with van der Waals surface area (Å²) in [5.41, 5.74) is 1.72. The molecule has 1 aromatic heterocycles. The molecule has 0 amide bonds. The van der Waals surface area contributed by atoms with Crippen molar-refractivity contribution in [3.05, 3.63) is 65.9 Å². The summed E-state index contributed by atoms with van der Waals surface area (Å²) in [5.74, 6) is -1.27. The van der Waals surface area contributed by atoms with Crippen LogP contribution in [0.3, 0.4) is 0 Å². The van der Waals surface area contributed by atoms with Crippen LogP contribution in [0.5, 0.6) is 5.75 Å². The molecule has 2 aromatic carbocycles. The normalized spacial score (nSPS) is 10.3. The molecule has 0 N–H and O–H groups in total. The fourth-order valence-electron chi connectivity index (χ4n) is 2.24. The van der Waals surface area contributed by atoms with Crippen LogP contribution in [0, 0.1) is 23.0 Å². The van der Waals surface area contributed by atoms with E-state index in [9.17, 15) is 8.78 Å². The highest BCUT2D eigenvalue weighted by atomic mass is 19.2. The van der Waals surface area contributed by atoms with Crippen LogP contribution in [-0.2, 0) is 0 Å². The highest BCUT2D eigenvalue weighted by molar-refractivity contribution is 5.64. The maximum atomic E-state index is 13.5. The van der Waals surface area contributed by atoms with E-state index >= 15 is 0 Å². The molecule has 0 saturated heterocycles. The molecule has 0 unspecified atom stereocenters. The first-order valence-electron chi connectivity index (χ1n) is 6.72. The molecule has 0 aliphatic rings. The Morgan fingerprint density at radius 3 is 2.61 bits per heavy atom. The lowest BCUT2D eigenvalue weighted by Crippen LogP contribution is -2.00. The molecule has 23 heavy (non-hydrogen) atoms. The predicted molar refractivity (Wildman–Crippen MR) is 80.2 cm³/mol. The number of nitrogens with zero attached hydrogens (tertiary/aromatic N) is 3. The molecule has 0 atom stereocenters. The summed E-state index contributed by atoms with van der Waals surface area (Å²) in [6.07, 6.45) is 0. The van der Waals surface area contributed by atoms with Crippen LogP contribution in [0.25, 0.3) is 16.9 Å². The number of hydrogen-bond donors (Lipinski definition) is 0. The minimum atomic E-state index is -0.959. The van der Waals surface area contributed by atoms with Crippen molar-refractivity contribution in [3.8, 4) is 28.8 Å². The molecule has 3 rings (SSSR count). The van der Waals surface area contributed by atoms with Crippen LogP contribution in [0.15, 0.2) is 48.5 Å².